The molecule has 16 heteroatoms. The Labute approximate surface area is 308 Å². The van der Waals surface area contributed by atoms with E-state index >= 15 is 0 Å². The zero-order valence-corrected chi connectivity index (χ0v) is 29.5. The number of nitrogens with zero attached hydrogens (tertiary/aromatic N) is 2. The highest BCUT2D eigenvalue weighted by molar-refractivity contribution is 6.66. The van der Waals surface area contributed by atoms with Crippen LogP contribution >= 0.6 is 81.2 Å². The van der Waals surface area contributed by atoms with Gasteiger partial charge in [0, 0.05) is 16.1 Å². The number of carbonyl (C=O) groups is 5. The van der Waals surface area contributed by atoms with Crippen LogP contribution in [-0.4, -0.2) is 67.2 Å². The van der Waals surface area contributed by atoms with Gasteiger partial charge in [-0.15, -0.1) is 23.2 Å². The van der Waals surface area contributed by atoms with Crippen LogP contribution in [0.3, 0.4) is 0 Å². The fourth-order valence-corrected chi connectivity index (χ4v) is 9.10. The van der Waals surface area contributed by atoms with Crippen LogP contribution in [0.25, 0.3) is 0 Å². The fraction of sp³-hybridized carbons (Fsp3) is 0.219. The van der Waals surface area contributed by atoms with Crippen LogP contribution in [0.5, 0.6) is 11.5 Å². The first-order valence-corrected chi connectivity index (χ1v) is 16.5. The minimum Gasteiger partial charge on any atom is -0.497 e. The number of hydrogen-bond acceptors (Lipinski definition) is 7. The van der Waals surface area contributed by atoms with E-state index < -0.39 is 61.9 Å². The third-order valence-electron chi connectivity index (χ3n) is 8.44. The molecule has 0 N–H and O–H groups in total. The van der Waals surface area contributed by atoms with E-state index in [1.165, 1.54) is 61.7 Å². The Morgan fingerprint density at radius 3 is 1.83 bits per heavy atom. The smallest absolute Gasteiger partial charge is 0.343 e. The van der Waals surface area contributed by atoms with Crippen molar-refractivity contribution in [1.29, 1.82) is 0 Å². The van der Waals surface area contributed by atoms with Crippen molar-refractivity contribution in [3.05, 3.63) is 105 Å². The summed E-state index contributed by atoms with van der Waals surface area (Å²) < 4.78 is 8.34. The molecule has 2 fully saturated rings. The van der Waals surface area contributed by atoms with Gasteiger partial charge >= 0.3 is 5.97 Å². The molecule has 2 bridgehead atoms. The summed E-state index contributed by atoms with van der Waals surface area (Å²) in [5.41, 5.74) is 0.284. The van der Waals surface area contributed by atoms with E-state index in [1.54, 1.807) is 18.2 Å². The molecule has 4 atom stereocenters. The first-order chi connectivity index (χ1) is 22.6. The van der Waals surface area contributed by atoms with Crippen molar-refractivity contribution in [3.63, 3.8) is 0 Å². The van der Waals surface area contributed by atoms with Gasteiger partial charge in [0.25, 0.3) is 17.7 Å². The number of fused-ring (bicyclic) bond motifs is 5. The minimum absolute atomic E-state index is 0.00738. The monoisotopic (exact) mass is 788 g/mol. The Hall–Kier alpha value is -3.02. The summed E-state index contributed by atoms with van der Waals surface area (Å²) in [7, 11) is 1.46. The number of halogens is 7. The van der Waals surface area contributed by atoms with Crippen molar-refractivity contribution in [2.24, 2.45) is 11.8 Å². The standard InChI is InChI=1S/C32H19Cl7N2O7/c1-47-20-4-2-3-17(13-20)29(46)48-19-11-7-15(8-12-19)21(42)14-40(26(43)16-5-9-18(33)10-6-16)41-27(44)22-23(28(41)45)31(37)25(35)24(34)30(22,36)32(31,38)39/h2-13,22-23H,14H2,1H3/t22-,23+,30-,31-/m1/s1. The number of Topliss-reactive ketones (excluding diaryl/α,β-unsaturated/α-hetero) is 1. The van der Waals surface area contributed by atoms with E-state index in [2.05, 4.69) is 0 Å². The third kappa shape index (κ3) is 5.01. The molecule has 48 heavy (non-hydrogen) atoms. The number of alkyl halides is 4. The number of ether oxygens (including phenoxy) is 2. The number of esters is 1. The van der Waals surface area contributed by atoms with Gasteiger partial charge in [0.05, 0.1) is 34.6 Å². The van der Waals surface area contributed by atoms with Crippen LogP contribution in [0.2, 0.25) is 5.02 Å². The van der Waals surface area contributed by atoms with E-state index in [9.17, 15) is 24.0 Å². The normalized spacial score (nSPS) is 25.3. The number of ketones is 1. The van der Waals surface area contributed by atoms with Crippen molar-refractivity contribution in [3.8, 4) is 11.5 Å². The van der Waals surface area contributed by atoms with E-state index in [-0.39, 0.29) is 32.5 Å². The molecule has 3 aromatic rings. The Morgan fingerprint density at radius 1 is 0.750 bits per heavy atom. The van der Waals surface area contributed by atoms with E-state index in [1.807, 2.05) is 0 Å². The van der Waals surface area contributed by atoms with Crippen molar-refractivity contribution < 1.29 is 33.4 Å². The van der Waals surface area contributed by atoms with Crippen LogP contribution in [0, 0.1) is 11.8 Å². The predicted molar refractivity (Wildman–Crippen MR) is 180 cm³/mol. The summed E-state index contributed by atoms with van der Waals surface area (Å²) in [5.74, 6) is -6.80. The molecule has 3 aromatic carbocycles. The maximum atomic E-state index is 14.1. The summed E-state index contributed by atoms with van der Waals surface area (Å²) in [4.78, 5) is 64.0. The highest BCUT2D eigenvalue weighted by Crippen LogP contribution is 2.77. The van der Waals surface area contributed by atoms with Gasteiger partial charge in [-0.2, -0.15) is 5.01 Å². The lowest BCUT2D eigenvalue weighted by atomic mass is 9.84. The van der Waals surface area contributed by atoms with Crippen molar-refractivity contribution in [2.45, 2.75) is 14.1 Å². The highest BCUT2D eigenvalue weighted by Gasteiger charge is 2.88. The van der Waals surface area contributed by atoms with Gasteiger partial charge in [-0.25, -0.2) is 9.80 Å². The van der Waals surface area contributed by atoms with Crippen molar-refractivity contribution >= 4 is 111 Å². The SMILES string of the molecule is COc1cccc(C(=O)Oc2ccc(C(=O)CN(C(=O)c3ccc(Cl)cc3)N3C(=O)[C@@H]4[C@H](C3=O)[C@@]3(Cl)C(Cl)=C(Cl)[C@@]4(Cl)C3(Cl)Cl)cc2)c1. The predicted octanol–water partition coefficient (Wildman–Crippen LogP) is 7.25. The van der Waals surface area contributed by atoms with Gasteiger partial charge in [0.15, 0.2) is 10.1 Å². The van der Waals surface area contributed by atoms with Crippen LogP contribution in [0.4, 0.5) is 0 Å². The summed E-state index contributed by atoms with van der Waals surface area (Å²) in [6, 6.07) is 17.3. The topological polar surface area (TPSA) is 110 Å². The summed E-state index contributed by atoms with van der Waals surface area (Å²) in [5, 5.41) is 0.871. The van der Waals surface area contributed by atoms with E-state index in [4.69, 9.17) is 90.7 Å². The number of methoxy groups -OCH3 is 1. The summed E-state index contributed by atoms with van der Waals surface area (Å²) in [6.07, 6.45) is 0. The van der Waals surface area contributed by atoms with Gasteiger partial charge in [-0.1, -0.05) is 64.1 Å². The fourth-order valence-electron chi connectivity index (χ4n) is 6.05. The molecule has 1 saturated heterocycles. The number of hydrogen-bond donors (Lipinski definition) is 0. The Bertz CT molecular complexity index is 1890. The highest BCUT2D eigenvalue weighted by atomic mass is 35.5. The van der Waals surface area contributed by atoms with Gasteiger partial charge in [0.1, 0.15) is 27.8 Å². The zero-order valence-electron chi connectivity index (χ0n) is 24.2. The molecule has 3 amide bonds. The van der Waals surface area contributed by atoms with Crippen molar-refractivity contribution in [2.75, 3.05) is 13.7 Å². The molecule has 0 radical (unpaired) electrons. The second-order valence-corrected chi connectivity index (χ2v) is 14.7. The summed E-state index contributed by atoms with van der Waals surface area (Å²) in [6.45, 7) is -0.798. The second kappa shape index (κ2) is 12.4. The summed E-state index contributed by atoms with van der Waals surface area (Å²) >= 11 is 45.6. The molecule has 9 nitrogen and oxygen atoms in total. The number of benzene rings is 3. The number of rotatable bonds is 8. The van der Waals surface area contributed by atoms with Gasteiger partial charge in [0.2, 0.25) is 0 Å². The molecule has 2 aliphatic carbocycles. The number of carbonyl (C=O) groups excluding carboxylic acids is 5. The molecular formula is C32H19Cl7N2O7. The van der Waals surface area contributed by atoms with Crippen LogP contribution in [-0.2, 0) is 9.59 Å². The molecule has 0 spiro atoms. The Morgan fingerprint density at radius 2 is 1.29 bits per heavy atom. The minimum atomic E-state index is -2.19. The molecule has 3 aliphatic rings. The lowest BCUT2D eigenvalue weighted by Gasteiger charge is -2.36. The molecule has 1 aliphatic heterocycles. The number of allylic oxidation sites excluding steroid dienone is 2. The quantitative estimate of drug-likeness (QED) is 0.0778. The van der Waals surface area contributed by atoms with Gasteiger partial charge in [-0.05, 0) is 66.7 Å². The Balaban J connectivity index is 1.30. The third-order valence-corrected chi connectivity index (χ3v) is 12.9. The van der Waals surface area contributed by atoms with E-state index in [0.29, 0.717) is 20.8 Å². The zero-order chi connectivity index (χ0) is 34.9. The molecule has 1 saturated carbocycles. The molecular weight excluding hydrogens is 773 g/mol. The second-order valence-electron chi connectivity index (χ2n) is 11.0. The first-order valence-electron chi connectivity index (χ1n) is 13.9. The Kier molecular flexibility index (Phi) is 8.99. The van der Waals surface area contributed by atoms with E-state index in [0.717, 1.165) is 0 Å². The lowest BCUT2D eigenvalue weighted by Crippen LogP contribution is -2.56. The number of imide groups is 1. The van der Waals surface area contributed by atoms with Crippen LogP contribution < -0.4 is 9.47 Å². The van der Waals surface area contributed by atoms with Crippen LogP contribution in [0.1, 0.15) is 31.1 Å². The molecule has 1 heterocycles. The number of hydrazine groups is 1. The van der Waals surface area contributed by atoms with Gasteiger partial charge in [-0.3, -0.25) is 19.2 Å². The number of amides is 3. The van der Waals surface area contributed by atoms with Crippen LogP contribution in [0.15, 0.2) is 82.9 Å². The molecule has 248 valence electrons. The molecule has 0 aromatic heterocycles. The van der Waals surface area contributed by atoms with Gasteiger partial charge < -0.3 is 9.47 Å². The average molecular weight is 792 g/mol. The first kappa shape index (κ1) is 34.8. The maximum absolute atomic E-state index is 14.1. The maximum Gasteiger partial charge on any atom is 0.343 e. The molecule has 0 unspecified atom stereocenters. The lowest BCUT2D eigenvalue weighted by molar-refractivity contribution is -0.154. The largest absolute Gasteiger partial charge is 0.497 e. The molecule has 6 rings (SSSR count). The average Bonchev–Trinajstić information content (AvgIpc) is 3.46. The van der Waals surface area contributed by atoms with Crippen molar-refractivity contribution in [1.82, 2.24) is 10.0 Å².